The molecule has 3 nitrogen and oxygen atoms in total. The van der Waals surface area contributed by atoms with Crippen LogP contribution in [0.15, 0.2) is 0 Å². The summed E-state index contributed by atoms with van der Waals surface area (Å²) in [4.78, 5) is 10.1. The zero-order valence-electron chi connectivity index (χ0n) is 8.95. The lowest BCUT2D eigenvalue weighted by molar-refractivity contribution is -0.488. The Morgan fingerprint density at radius 2 is 2.00 bits per heavy atom. The average Bonchev–Trinajstić information content (AvgIpc) is 2.02. The Bertz CT molecular complexity index is 148. The van der Waals surface area contributed by atoms with Crippen molar-refractivity contribution in [1.82, 2.24) is 0 Å². The molecule has 78 valence electrons. The van der Waals surface area contributed by atoms with Gasteiger partial charge in [0.05, 0.1) is 0 Å². The number of hydrogen-bond acceptors (Lipinski definition) is 2. The Hall–Kier alpha value is -0.600. The number of nitrogens with zero attached hydrogens (tertiary/aromatic N) is 1. The lowest BCUT2D eigenvalue weighted by atomic mass is 9.91. The van der Waals surface area contributed by atoms with E-state index in [1.54, 1.807) is 0 Å². The maximum atomic E-state index is 10.3. The molecule has 0 radical (unpaired) electrons. The van der Waals surface area contributed by atoms with Crippen molar-refractivity contribution in [2.45, 2.75) is 46.5 Å². The SMILES string of the molecule is CCCC(C)CC(CC)C[N+](=O)[O-]. The summed E-state index contributed by atoms with van der Waals surface area (Å²) in [7, 11) is 0. The first kappa shape index (κ1) is 12.4. The monoisotopic (exact) mass is 187 g/mol. The normalized spacial score (nSPS) is 15.3. The van der Waals surface area contributed by atoms with E-state index < -0.39 is 0 Å². The summed E-state index contributed by atoms with van der Waals surface area (Å²) < 4.78 is 0. The molecule has 0 aromatic carbocycles. The summed E-state index contributed by atoms with van der Waals surface area (Å²) in [5, 5.41) is 10.3. The van der Waals surface area contributed by atoms with E-state index in [0.29, 0.717) is 5.92 Å². The van der Waals surface area contributed by atoms with Crippen molar-refractivity contribution < 1.29 is 4.92 Å². The molecule has 0 aromatic heterocycles. The van der Waals surface area contributed by atoms with Gasteiger partial charge in [-0.05, 0) is 18.8 Å². The van der Waals surface area contributed by atoms with Crippen LogP contribution in [0.3, 0.4) is 0 Å². The molecule has 0 bridgehead atoms. The van der Waals surface area contributed by atoms with Crippen LogP contribution in [0.2, 0.25) is 0 Å². The molecule has 0 saturated carbocycles. The molecule has 0 rings (SSSR count). The van der Waals surface area contributed by atoms with Gasteiger partial charge >= 0.3 is 0 Å². The highest BCUT2D eigenvalue weighted by molar-refractivity contribution is 4.61. The molecule has 0 aromatic rings. The van der Waals surface area contributed by atoms with Crippen LogP contribution >= 0.6 is 0 Å². The third-order valence-electron chi connectivity index (χ3n) is 2.50. The molecule has 0 amide bonds. The molecular formula is C10H21NO2. The third kappa shape index (κ3) is 6.55. The van der Waals surface area contributed by atoms with Crippen LogP contribution in [0.1, 0.15) is 46.5 Å². The van der Waals surface area contributed by atoms with E-state index in [9.17, 15) is 10.1 Å². The van der Waals surface area contributed by atoms with Gasteiger partial charge in [-0.3, -0.25) is 10.1 Å². The van der Waals surface area contributed by atoms with E-state index in [-0.39, 0.29) is 17.4 Å². The van der Waals surface area contributed by atoms with Crippen LogP contribution in [0, 0.1) is 22.0 Å². The number of hydrogen-bond donors (Lipinski definition) is 0. The first-order valence-corrected chi connectivity index (χ1v) is 5.21. The van der Waals surface area contributed by atoms with Crippen molar-refractivity contribution in [3.63, 3.8) is 0 Å². The molecule has 13 heavy (non-hydrogen) atoms. The fourth-order valence-corrected chi connectivity index (χ4v) is 1.76. The molecule has 0 heterocycles. The second-order valence-electron chi connectivity index (χ2n) is 3.92. The third-order valence-corrected chi connectivity index (χ3v) is 2.50. The lowest BCUT2D eigenvalue weighted by Crippen LogP contribution is -2.16. The Labute approximate surface area is 80.7 Å². The van der Waals surface area contributed by atoms with Gasteiger partial charge in [0.1, 0.15) is 0 Å². The molecule has 0 aliphatic carbocycles. The summed E-state index contributed by atoms with van der Waals surface area (Å²) in [5.41, 5.74) is 0. The van der Waals surface area contributed by atoms with E-state index in [1.807, 2.05) is 6.92 Å². The Morgan fingerprint density at radius 3 is 2.38 bits per heavy atom. The standard InChI is InChI=1S/C10H21NO2/c1-4-6-9(3)7-10(5-2)8-11(12)13/h9-10H,4-8H2,1-3H3. The smallest absolute Gasteiger partial charge is 0.206 e. The molecule has 3 heteroatoms. The molecule has 2 atom stereocenters. The summed E-state index contributed by atoms with van der Waals surface area (Å²) in [5.74, 6) is 0.909. The van der Waals surface area contributed by atoms with Gasteiger partial charge in [0, 0.05) is 10.8 Å². The largest absolute Gasteiger partial charge is 0.265 e. The maximum absolute atomic E-state index is 10.3. The maximum Gasteiger partial charge on any atom is 0.206 e. The predicted octanol–water partition coefficient (Wildman–Crippen LogP) is 3.12. The summed E-state index contributed by atoms with van der Waals surface area (Å²) in [6.45, 7) is 6.52. The zero-order valence-corrected chi connectivity index (χ0v) is 8.95. The van der Waals surface area contributed by atoms with E-state index in [1.165, 1.54) is 12.8 Å². The van der Waals surface area contributed by atoms with Crippen LogP contribution in [0.5, 0.6) is 0 Å². The van der Waals surface area contributed by atoms with Crippen LogP contribution in [-0.4, -0.2) is 11.5 Å². The van der Waals surface area contributed by atoms with Crippen molar-refractivity contribution in [3.05, 3.63) is 10.1 Å². The zero-order chi connectivity index (χ0) is 10.3. The van der Waals surface area contributed by atoms with Crippen molar-refractivity contribution in [2.75, 3.05) is 6.54 Å². The fourth-order valence-electron chi connectivity index (χ4n) is 1.76. The van der Waals surface area contributed by atoms with Gasteiger partial charge in [0.15, 0.2) is 0 Å². The minimum atomic E-state index is -0.188. The molecule has 0 spiro atoms. The van der Waals surface area contributed by atoms with Crippen molar-refractivity contribution in [2.24, 2.45) is 11.8 Å². The second kappa shape index (κ2) is 6.87. The first-order valence-electron chi connectivity index (χ1n) is 5.21. The molecule has 0 fully saturated rings. The highest BCUT2D eigenvalue weighted by atomic mass is 16.6. The topological polar surface area (TPSA) is 43.1 Å². The van der Waals surface area contributed by atoms with Gasteiger partial charge in [-0.15, -0.1) is 0 Å². The van der Waals surface area contributed by atoms with Crippen molar-refractivity contribution in [3.8, 4) is 0 Å². The van der Waals surface area contributed by atoms with E-state index in [2.05, 4.69) is 13.8 Å². The summed E-state index contributed by atoms with van der Waals surface area (Å²) in [6, 6.07) is 0. The van der Waals surface area contributed by atoms with Gasteiger partial charge < -0.3 is 0 Å². The molecular weight excluding hydrogens is 166 g/mol. The van der Waals surface area contributed by atoms with Crippen LogP contribution in [-0.2, 0) is 0 Å². The Balaban J connectivity index is 3.75. The highest BCUT2D eigenvalue weighted by Crippen LogP contribution is 2.19. The minimum Gasteiger partial charge on any atom is -0.265 e. The molecule has 2 unspecified atom stereocenters. The average molecular weight is 187 g/mol. The van der Waals surface area contributed by atoms with Gasteiger partial charge in [0.25, 0.3) is 0 Å². The van der Waals surface area contributed by atoms with E-state index >= 15 is 0 Å². The summed E-state index contributed by atoms with van der Waals surface area (Å²) in [6.07, 6.45) is 4.30. The van der Waals surface area contributed by atoms with Crippen LogP contribution in [0.4, 0.5) is 0 Å². The fraction of sp³-hybridized carbons (Fsp3) is 1.00. The molecule has 0 N–H and O–H groups in total. The lowest BCUT2D eigenvalue weighted by Gasteiger charge is -2.15. The number of rotatable bonds is 7. The molecule has 0 aliphatic rings. The first-order chi connectivity index (χ1) is 6.10. The second-order valence-corrected chi connectivity index (χ2v) is 3.92. The molecule has 0 aliphatic heterocycles. The highest BCUT2D eigenvalue weighted by Gasteiger charge is 2.15. The van der Waals surface area contributed by atoms with Crippen LogP contribution < -0.4 is 0 Å². The van der Waals surface area contributed by atoms with E-state index in [0.717, 1.165) is 12.8 Å². The number of nitro groups is 1. The van der Waals surface area contributed by atoms with Gasteiger partial charge in [-0.2, -0.15) is 0 Å². The minimum absolute atomic E-state index is 0.143. The Morgan fingerprint density at radius 1 is 1.38 bits per heavy atom. The van der Waals surface area contributed by atoms with Crippen molar-refractivity contribution in [1.29, 1.82) is 0 Å². The quantitative estimate of drug-likeness (QED) is 0.454. The summed E-state index contributed by atoms with van der Waals surface area (Å²) >= 11 is 0. The van der Waals surface area contributed by atoms with Gasteiger partial charge in [0.2, 0.25) is 6.54 Å². The van der Waals surface area contributed by atoms with Gasteiger partial charge in [-0.25, -0.2) is 0 Å². The van der Waals surface area contributed by atoms with E-state index in [4.69, 9.17) is 0 Å². The van der Waals surface area contributed by atoms with Gasteiger partial charge in [-0.1, -0.05) is 33.6 Å². The van der Waals surface area contributed by atoms with Crippen LogP contribution in [0.25, 0.3) is 0 Å². The van der Waals surface area contributed by atoms with Crippen molar-refractivity contribution >= 4 is 0 Å². The predicted molar refractivity (Wildman–Crippen MR) is 54.3 cm³/mol. The molecule has 0 saturated heterocycles. The Kier molecular flexibility index (Phi) is 6.55.